The van der Waals surface area contributed by atoms with E-state index in [0.29, 0.717) is 31.2 Å². The molecule has 4 rings (SSSR count). The molecule has 0 aliphatic carbocycles. The number of piperidine rings is 2. The Hall–Kier alpha value is -2.67. The van der Waals surface area contributed by atoms with E-state index in [1.807, 2.05) is 40.1 Å². The van der Waals surface area contributed by atoms with Crippen molar-refractivity contribution in [2.45, 2.75) is 25.3 Å². The number of methoxy groups -OCH3 is 1. The van der Waals surface area contributed by atoms with Crippen LogP contribution in [0.15, 0.2) is 40.9 Å². The Morgan fingerprint density at radius 3 is 2.82 bits per heavy atom. The highest BCUT2D eigenvalue weighted by atomic mass is 16.5. The number of carbonyl (C=O) groups is 2. The van der Waals surface area contributed by atoms with Crippen LogP contribution in [0.1, 0.15) is 29.8 Å². The molecule has 2 fully saturated rings. The molecule has 2 atom stereocenters. The number of hydrogen-bond acceptors (Lipinski definition) is 5. The molecule has 0 bridgehead atoms. The minimum Gasteiger partial charge on any atom is -0.375 e. The molecule has 28 heavy (non-hydrogen) atoms. The van der Waals surface area contributed by atoms with Crippen LogP contribution in [-0.2, 0) is 9.53 Å². The number of nitrogens with zero attached hydrogens (tertiary/aromatic N) is 3. The smallest absolute Gasteiger partial charge is 0.292 e. The predicted octanol–water partition coefficient (Wildman–Crippen LogP) is 2.44. The van der Waals surface area contributed by atoms with Crippen LogP contribution in [0.2, 0.25) is 0 Å². The van der Waals surface area contributed by atoms with E-state index in [-0.39, 0.29) is 30.2 Å². The zero-order valence-corrected chi connectivity index (χ0v) is 16.0. The molecule has 148 valence electrons. The van der Waals surface area contributed by atoms with E-state index < -0.39 is 0 Å². The highest BCUT2D eigenvalue weighted by Crippen LogP contribution is 2.32. The lowest BCUT2D eigenvalue weighted by atomic mass is 9.83. The lowest BCUT2D eigenvalue weighted by Gasteiger charge is -2.46. The summed E-state index contributed by atoms with van der Waals surface area (Å²) in [6, 6.07) is 11.5. The lowest BCUT2D eigenvalue weighted by Crippen LogP contribution is -2.57. The molecular weight excluding hydrogens is 358 g/mol. The molecule has 3 heterocycles. The average Bonchev–Trinajstić information content (AvgIpc) is 3.23. The minimum atomic E-state index is -0.110. The normalized spacial score (nSPS) is 22.0. The number of ether oxygens (including phenoxy) is 1. The van der Waals surface area contributed by atoms with E-state index in [0.717, 1.165) is 24.8 Å². The quantitative estimate of drug-likeness (QED) is 0.811. The van der Waals surface area contributed by atoms with Crippen LogP contribution in [0.3, 0.4) is 0 Å². The van der Waals surface area contributed by atoms with Crippen LogP contribution < -0.4 is 0 Å². The standard InChI is InChI=1S/C21H25N3O4/c1-27-14-20(25)23-11-9-18-16(13-23)8-5-10-24(18)21(26)19-12-17(22-28-19)15-6-3-2-4-7-15/h2-4,6-7,12,16,18H,5,8-11,13-14H2,1H3/t16-,18+/m0/s1. The Balaban J connectivity index is 1.47. The van der Waals surface area contributed by atoms with Crippen molar-refractivity contribution in [3.05, 3.63) is 42.2 Å². The summed E-state index contributed by atoms with van der Waals surface area (Å²) < 4.78 is 10.4. The fourth-order valence-electron chi connectivity index (χ4n) is 4.36. The second kappa shape index (κ2) is 8.14. The summed E-state index contributed by atoms with van der Waals surface area (Å²) in [6.07, 6.45) is 2.74. The summed E-state index contributed by atoms with van der Waals surface area (Å²) in [5.41, 5.74) is 1.59. The largest absolute Gasteiger partial charge is 0.375 e. The number of fused-ring (bicyclic) bond motifs is 1. The van der Waals surface area contributed by atoms with Gasteiger partial charge in [0, 0.05) is 44.4 Å². The van der Waals surface area contributed by atoms with Crippen LogP contribution in [0.4, 0.5) is 0 Å². The number of rotatable bonds is 4. The molecular formula is C21H25N3O4. The van der Waals surface area contributed by atoms with E-state index in [4.69, 9.17) is 9.26 Å². The molecule has 2 amide bonds. The maximum atomic E-state index is 13.1. The maximum Gasteiger partial charge on any atom is 0.292 e. The third kappa shape index (κ3) is 3.67. The van der Waals surface area contributed by atoms with Gasteiger partial charge in [0.25, 0.3) is 5.91 Å². The number of likely N-dealkylation sites (tertiary alicyclic amines) is 2. The van der Waals surface area contributed by atoms with Gasteiger partial charge in [-0.2, -0.15) is 0 Å². The van der Waals surface area contributed by atoms with Gasteiger partial charge < -0.3 is 19.1 Å². The molecule has 0 unspecified atom stereocenters. The van der Waals surface area contributed by atoms with Crippen LogP contribution in [-0.4, -0.2) is 66.2 Å². The van der Waals surface area contributed by atoms with Gasteiger partial charge in [-0.05, 0) is 25.2 Å². The van der Waals surface area contributed by atoms with Crippen molar-refractivity contribution >= 4 is 11.8 Å². The maximum absolute atomic E-state index is 13.1. The molecule has 7 heteroatoms. The number of carbonyl (C=O) groups excluding carboxylic acids is 2. The molecule has 0 N–H and O–H groups in total. The Kier molecular flexibility index (Phi) is 5.43. The summed E-state index contributed by atoms with van der Waals surface area (Å²) >= 11 is 0. The Bertz CT molecular complexity index is 835. The fraction of sp³-hybridized carbons (Fsp3) is 0.476. The van der Waals surface area contributed by atoms with Crippen molar-refractivity contribution in [3.63, 3.8) is 0 Å². The molecule has 2 aliphatic heterocycles. The van der Waals surface area contributed by atoms with E-state index >= 15 is 0 Å². The summed E-state index contributed by atoms with van der Waals surface area (Å²) in [4.78, 5) is 29.0. The summed E-state index contributed by atoms with van der Waals surface area (Å²) in [5.74, 6) is 0.481. The Morgan fingerprint density at radius 2 is 2.04 bits per heavy atom. The third-order valence-electron chi connectivity index (χ3n) is 5.74. The van der Waals surface area contributed by atoms with Crippen LogP contribution in [0.25, 0.3) is 11.3 Å². The van der Waals surface area contributed by atoms with E-state index in [9.17, 15) is 9.59 Å². The number of benzene rings is 1. The van der Waals surface area contributed by atoms with Gasteiger partial charge in [-0.25, -0.2) is 0 Å². The van der Waals surface area contributed by atoms with E-state index in [1.54, 1.807) is 6.07 Å². The third-order valence-corrected chi connectivity index (χ3v) is 5.74. The van der Waals surface area contributed by atoms with E-state index in [2.05, 4.69) is 5.16 Å². The van der Waals surface area contributed by atoms with Gasteiger partial charge in [-0.3, -0.25) is 9.59 Å². The van der Waals surface area contributed by atoms with Crippen molar-refractivity contribution in [2.75, 3.05) is 33.4 Å². The van der Waals surface area contributed by atoms with Crippen molar-refractivity contribution < 1.29 is 18.8 Å². The van der Waals surface area contributed by atoms with Gasteiger partial charge in [0.2, 0.25) is 11.7 Å². The lowest BCUT2D eigenvalue weighted by molar-refractivity contribution is -0.138. The molecule has 1 aromatic heterocycles. The van der Waals surface area contributed by atoms with Crippen LogP contribution in [0.5, 0.6) is 0 Å². The Labute approximate surface area is 164 Å². The fourth-order valence-corrected chi connectivity index (χ4v) is 4.36. The number of hydrogen-bond donors (Lipinski definition) is 0. The topological polar surface area (TPSA) is 75.9 Å². The van der Waals surface area contributed by atoms with Gasteiger partial charge in [0.15, 0.2) is 0 Å². The molecule has 2 saturated heterocycles. The van der Waals surface area contributed by atoms with Crippen LogP contribution in [0, 0.1) is 5.92 Å². The van der Waals surface area contributed by atoms with Gasteiger partial charge in [-0.15, -0.1) is 0 Å². The molecule has 0 spiro atoms. The zero-order valence-electron chi connectivity index (χ0n) is 16.0. The SMILES string of the molecule is COCC(=O)N1CC[C@@H]2[C@@H](CCCN2C(=O)c2cc(-c3ccccc3)no2)C1. The first kappa shape index (κ1) is 18.7. The first-order chi connectivity index (χ1) is 13.7. The first-order valence-electron chi connectivity index (χ1n) is 9.77. The number of amides is 2. The minimum absolute atomic E-state index is 0.0205. The average molecular weight is 383 g/mol. The van der Waals surface area contributed by atoms with E-state index in [1.165, 1.54) is 7.11 Å². The zero-order chi connectivity index (χ0) is 19.5. The molecule has 2 aliphatic rings. The second-order valence-corrected chi connectivity index (χ2v) is 7.47. The highest BCUT2D eigenvalue weighted by Gasteiger charge is 2.40. The van der Waals surface area contributed by atoms with Gasteiger partial charge >= 0.3 is 0 Å². The first-order valence-corrected chi connectivity index (χ1v) is 9.77. The van der Waals surface area contributed by atoms with Crippen molar-refractivity contribution in [2.24, 2.45) is 5.92 Å². The van der Waals surface area contributed by atoms with Crippen LogP contribution >= 0.6 is 0 Å². The van der Waals surface area contributed by atoms with Crippen molar-refractivity contribution in [1.29, 1.82) is 0 Å². The van der Waals surface area contributed by atoms with Gasteiger partial charge in [0.05, 0.1) is 0 Å². The van der Waals surface area contributed by atoms with Gasteiger partial charge in [0.1, 0.15) is 12.3 Å². The second-order valence-electron chi connectivity index (χ2n) is 7.47. The number of aromatic nitrogens is 1. The molecule has 0 saturated carbocycles. The van der Waals surface area contributed by atoms with Crippen molar-refractivity contribution in [1.82, 2.24) is 15.0 Å². The Morgan fingerprint density at radius 1 is 1.21 bits per heavy atom. The highest BCUT2D eigenvalue weighted by molar-refractivity contribution is 5.92. The molecule has 1 aromatic carbocycles. The summed E-state index contributed by atoms with van der Waals surface area (Å²) in [6.45, 7) is 2.16. The predicted molar refractivity (Wildman–Crippen MR) is 103 cm³/mol. The molecule has 2 aromatic rings. The monoisotopic (exact) mass is 383 g/mol. The summed E-state index contributed by atoms with van der Waals surface area (Å²) in [7, 11) is 1.53. The summed E-state index contributed by atoms with van der Waals surface area (Å²) in [5, 5.41) is 4.07. The van der Waals surface area contributed by atoms with Crippen molar-refractivity contribution in [3.8, 4) is 11.3 Å². The molecule has 7 nitrogen and oxygen atoms in total. The van der Waals surface area contributed by atoms with Gasteiger partial charge in [-0.1, -0.05) is 35.5 Å². The molecule has 0 radical (unpaired) electrons.